The van der Waals surface area contributed by atoms with Crippen LogP contribution in [0.3, 0.4) is 0 Å². The topological polar surface area (TPSA) is 42.4 Å². The summed E-state index contributed by atoms with van der Waals surface area (Å²) in [6, 6.07) is 3.70. The predicted molar refractivity (Wildman–Crippen MR) is 63.6 cm³/mol. The first-order valence-corrected chi connectivity index (χ1v) is 5.19. The molecular weight excluding hydrogens is 204 g/mol. The zero-order valence-corrected chi connectivity index (χ0v) is 10.4. The second-order valence-corrected chi connectivity index (χ2v) is 4.70. The Bertz CT molecular complexity index is 366. The van der Waals surface area contributed by atoms with E-state index in [9.17, 15) is 4.79 Å². The number of carbonyl (C=O) groups excluding carboxylic acids is 1. The second kappa shape index (κ2) is 4.51. The fraction of sp³-hybridized carbons (Fsp3) is 0.500. The van der Waals surface area contributed by atoms with Crippen LogP contribution < -0.4 is 4.90 Å². The highest BCUT2D eigenvalue weighted by Crippen LogP contribution is 2.15. The molecule has 0 aliphatic heterocycles. The van der Waals surface area contributed by atoms with E-state index in [1.54, 1.807) is 13.2 Å². The highest BCUT2D eigenvalue weighted by Gasteiger charge is 2.20. The molecule has 88 valence electrons. The van der Waals surface area contributed by atoms with E-state index in [-0.39, 0.29) is 6.09 Å². The van der Waals surface area contributed by atoms with Crippen LogP contribution in [-0.2, 0) is 4.74 Å². The minimum atomic E-state index is -0.483. The number of aryl methyl sites for hydroxylation is 1. The number of ether oxygens (including phenoxy) is 1. The number of carbonyl (C=O) groups is 1. The number of anilines is 1. The van der Waals surface area contributed by atoms with Gasteiger partial charge in [-0.15, -0.1) is 0 Å². The molecule has 1 rings (SSSR count). The van der Waals surface area contributed by atoms with Gasteiger partial charge in [0, 0.05) is 12.7 Å². The number of amides is 1. The highest BCUT2D eigenvalue weighted by atomic mass is 16.6. The van der Waals surface area contributed by atoms with Crippen molar-refractivity contribution in [3.63, 3.8) is 0 Å². The minimum absolute atomic E-state index is 0.377. The first-order chi connectivity index (χ1) is 7.29. The molecule has 1 heterocycles. The van der Waals surface area contributed by atoms with Gasteiger partial charge in [-0.1, -0.05) is 0 Å². The Morgan fingerprint density at radius 3 is 2.44 bits per heavy atom. The van der Waals surface area contributed by atoms with Gasteiger partial charge in [0.25, 0.3) is 0 Å². The van der Waals surface area contributed by atoms with Gasteiger partial charge in [0.15, 0.2) is 0 Å². The Labute approximate surface area is 96.2 Å². The summed E-state index contributed by atoms with van der Waals surface area (Å²) in [4.78, 5) is 17.3. The number of hydrogen-bond acceptors (Lipinski definition) is 3. The number of aromatic nitrogens is 1. The Hall–Kier alpha value is -1.58. The van der Waals surface area contributed by atoms with Crippen molar-refractivity contribution in [2.75, 3.05) is 11.9 Å². The largest absolute Gasteiger partial charge is 0.443 e. The monoisotopic (exact) mass is 222 g/mol. The van der Waals surface area contributed by atoms with Crippen LogP contribution in [0.2, 0.25) is 0 Å². The van der Waals surface area contributed by atoms with Crippen molar-refractivity contribution in [1.82, 2.24) is 4.98 Å². The molecule has 1 aromatic rings. The lowest BCUT2D eigenvalue weighted by Gasteiger charge is -2.24. The van der Waals surface area contributed by atoms with E-state index in [2.05, 4.69) is 4.98 Å². The maximum atomic E-state index is 11.7. The third-order valence-electron chi connectivity index (χ3n) is 1.95. The summed E-state index contributed by atoms with van der Waals surface area (Å²) in [5.74, 6) is 0. The van der Waals surface area contributed by atoms with Crippen LogP contribution in [0.5, 0.6) is 0 Å². The van der Waals surface area contributed by atoms with Crippen LogP contribution >= 0.6 is 0 Å². The molecule has 1 aromatic heterocycles. The van der Waals surface area contributed by atoms with Gasteiger partial charge in [0.2, 0.25) is 0 Å². The van der Waals surface area contributed by atoms with Crippen molar-refractivity contribution in [2.24, 2.45) is 0 Å². The molecule has 0 aliphatic rings. The van der Waals surface area contributed by atoms with Crippen LogP contribution in [0.25, 0.3) is 0 Å². The van der Waals surface area contributed by atoms with Gasteiger partial charge < -0.3 is 4.74 Å². The van der Waals surface area contributed by atoms with E-state index < -0.39 is 5.60 Å². The van der Waals surface area contributed by atoms with Crippen LogP contribution in [-0.4, -0.2) is 23.7 Å². The molecule has 0 saturated heterocycles. The van der Waals surface area contributed by atoms with Gasteiger partial charge in [-0.25, -0.2) is 4.79 Å². The molecule has 0 radical (unpaired) electrons. The molecule has 0 bridgehead atoms. The molecule has 4 nitrogen and oxygen atoms in total. The summed E-state index contributed by atoms with van der Waals surface area (Å²) in [7, 11) is 1.67. The van der Waals surface area contributed by atoms with E-state index >= 15 is 0 Å². The number of pyridine rings is 1. The average molecular weight is 222 g/mol. The normalized spacial score (nSPS) is 11.1. The SMILES string of the molecule is Cc1ccc(N(C)C(=O)OC(C)(C)C)cn1. The molecule has 0 fully saturated rings. The van der Waals surface area contributed by atoms with Crippen LogP contribution in [0.4, 0.5) is 10.5 Å². The Morgan fingerprint density at radius 1 is 1.38 bits per heavy atom. The van der Waals surface area contributed by atoms with Crippen molar-refractivity contribution >= 4 is 11.8 Å². The maximum absolute atomic E-state index is 11.7. The number of rotatable bonds is 1. The Balaban J connectivity index is 2.74. The molecule has 0 N–H and O–H groups in total. The average Bonchev–Trinajstić information content (AvgIpc) is 2.15. The molecule has 0 saturated carbocycles. The van der Waals surface area contributed by atoms with Gasteiger partial charge >= 0.3 is 6.09 Å². The van der Waals surface area contributed by atoms with Gasteiger partial charge in [0.1, 0.15) is 5.60 Å². The van der Waals surface area contributed by atoms with Crippen molar-refractivity contribution < 1.29 is 9.53 Å². The predicted octanol–water partition coefficient (Wildman–Crippen LogP) is 2.76. The van der Waals surface area contributed by atoms with Crippen molar-refractivity contribution in [1.29, 1.82) is 0 Å². The molecule has 16 heavy (non-hydrogen) atoms. The molecule has 0 atom stereocenters. The fourth-order valence-corrected chi connectivity index (χ4v) is 1.09. The van der Waals surface area contributed by atoms with E-state index in [1.807, 2.05) is 39.8 Å². The summed E-state index contributed by atoms with van der Waals surface area (Å²) >= 11 is 0. The van der Waals surface area contributed by atoms with Crippen LogP contribution in [0, 0.1) is 6.92 Å². The van der Waals surface area contributed by atoms with Crippen LogP contribution in [0.1, 0.15) is 26.5 Å². The third-order valence-corrected chi connectivity index (χ3v) is 1.95. The minimum Gasteiger partial charge on any atom is -0.443 e. The van der Waals surface area contributed by atoms with Crippen molar-refractivity contribution in [3.8, 4) is 0 Å². The standard InChI is InChI=1S/C12H18N2O2/c1-9-6-7-10(8-13-9)14(5)11(15)16-12(2,3)4/h6-8H,1-5H3. The van der Waals surface area contributed by atoms with Gasteiger partial charge in [-0.3, -0.25) is 9.88 Å². The quantitative estimate of drug-likeness (QED) is 0.733. The van der Waals surface area contributed by atoms with E-state index in [1.165, 1.54) is 4.90 Å². The lowest BCUT2D eigenvalue weighted by Crippen LogP contribution is -2.34. The Kier molecular flexibility index (Phi) is 3.52. The van der Waals surface area contributed by atoms with Crippen molar-refractivity contribution in [2.45, 2.75) is 33.3 Å². The first-order valence-electron chi connectivity index (χ1n) is 5.19. The van der Waals surface area contributed by atoms with E-state index in [4.69, 9.17) is 4.74 Å². The van der Waals surface area contributed by atoms with Gasteiger partial charge in [-0.2, -0.15) is 0 Å². The summed E-state index contributed by atoms with van der Waals surface area (Å²) in [6.07, 6.45) is 1.28. The molecule has 0 aromatic carbocycles. The third kappa shape index (κ3) is 3.53. The van der Waals surface area contributed by atoms with Crippen LogP contribution in [0.15, 0.2) is 18.3 Å². The maximum Gasteiger partial charge on any atom is 0.414 e. The molecule has 1 amide bonds. The van der Waals surface area contributed by atoms with Crippen molar-refractivity contribution in [3.05, 3.63) is 24.0 Å². The molecular formula is C12H18N2O2. The smallest absolute Gasteiger partial charge is 0.414 e. The zero-order chi connectivity index (χ0) is 12.3. The lowest BCUT2D eigenvalue weighted by molar-refractivity contribution is 0.0589. The van der Waals surface area contributed by atoms with Gasteiger partial charge in [0.05, 0.1) is 11.9 Å². The number of nitrogens with zero attached hydrogens (tertiary/aromatic N) is 2. The lowest BCUT2D eigenvalue weighted by atomic mass is 10.2. The number of hydrogen-bond donors (Lipinski definition) is 0. The fourth-order valence-electron chi connectivity index (χ4n) is 1.09. The van der Waals surface area contributed by atoms with E-state index in [0.29, 0.717) is 0 Å². The van der Waals surface area contributed by atoms with E-state index in [0.717, 1.165) is 11.4 Å². The van der Waals surface area contributed by atoms with Gasteiger partial charge in [-0.05, 0) is 39.8 Å². The molecule has 4 heteroatoms. The summed E-state index contributed by atoms with van der Waals surface area (Å²) in [5, 5.41) is 0. The molecule has 0 aliphatic carbocycles. The summed E-state index contributed by atoms with van der Waals surface area (Å²) in [5.41, 5.74) is 1.16. The summed E-state index contributed by atoms with van der Waals surface area (Å²) in [6.45, 7) is 7.42. The zero-order valence-electron chi connectivity index (χ0n) is 10.4. The second-order valence-electron chi connectivity index (χ2n) is 4.70. The molecule has 0 unspecified atom stereocenters. The Morgan fingerprint density at radius 2 is 2.00 bits per heavy atom. The molecule has 0 spiro atoms. The summed E-state index contributed by atoms with van der Waals surface area (Å²) < 4.78 is 5.24. The highest BCUT2D eigenvalue weighted by molar-refractivity contribution is 5.86. The first kappa shape index (κ1) is 12.5.